The first-order valence-electron chi connectivity index (χ1n) is 9.79. The summed E-state index contributed by atoms with van der Waals surface area (Å²) in [5.41, 5.74) is 3.10. The van der Waals surface area contributed by atoms with Gasteiger partial charge in [-0.3, -0.25) is 44.3 Å². The Kier molecular flexibility index (Phi) is 8.33. The molecule has 0 aromatic heterocycles. The highest BCUT2D eigenvalue weighted by atomic mass is 16.6. The third kappa shape index (κ3) is 6.67. The highest BCUT2D eigenvalue weighted by Crippen LogP contribution is 2.32. The molecule has 2 rings (SSSR count). The predicted molar refractivity (Wildman–Crippen MR) is 111 cm³/mol. The SMILES string of the molecule is NC(=O)CC[C@H](NC(=O)[C@@H]1CCCN1)C(=O)N(CC(=O)O)c1ccc([N+](=O)[O-])cc1[N+](=O)[O-]. The number of carboxylic acids is 1. The zero-order valence-electron chi connectivity index (χ0n) is 17.3. The van der Waals surface area contributed by atoms with E-state index in [1.807, 2.05) is 0 Å². The Morgan fingerprint density at radius 3 is 2.45 bits per heavy atom. The summed E-state index contributed by atoms with van der Waals surface area (Å²) in [6.45, 7) is -0.458. The molecule has 1 saturated heterocycles. The van der Waals surface area contributed by atoms with Crippen molar-refractivity contribution in [3.8, 4) is 0 Å². The van der Waals surface area contributed by atoms with Crippen molar-refractivity contribution in [3.05, 3.63) is 38.4 Å². The van der Waals surface area contributed by atoms with Gasteiger partial charge in [-0.2, -0.15) is 0 Å². The van der Waals surface area contributed by atoms with Crippen molar-refractivity contribution in [1.29, 1.82) is 0 Å². The van der Waals surface area contributed by atoms with E-state index in [2.05, 4.69) is 10.6 Å². The third-order valence-electron chi connectivity index (χ3n) is 4.89. The second-order valence-electron chi connectivity index (χ2n) is 7.22. The van der Waals surface area contributed by atoms with Crippen LogP contribution in [0.4, 0.5) is 17.1 Å². The molecule has 15 heteroatoms. The number of nitro groups is 2. The fourth-order valence-electron chi connectivity index (χ4n) is 3.33. The number of carboxylic acid groups (broad SMARTS) is 1. The van der Waals surface area contributed by atoms with Gasteiger partial charge in [0.1, 0.15) is 18.3 Å². The third-order valence-corrected chi connectivity index (χ3v) is 4.89. The lowest BCUT2D eigenvalue weighted by Crippen LogP contribution is -2.53. The molecule has 1 heterocycles. The molecule has 5 N–H and O–H groups in total. The largest absolute Gasteiger partial charge is 0.480 e. The Balaban J connectivity index is 2.45. The quantitative estimate of drug-likeness (QED) is 0.239. The second kappa shape index (κ2) is 10.9. The van der Waals surface area contributed by atoms with Gasteiger partial charge in [0.05, 0.1) is 22.0 Å². The van der Waals surface area contributed by atoms with Gasteiger partial charge in [0.2, 0.25) is 17.7 Å². The van der Waals surface area contributed by atoms with Gasteiger partial charge in [0.15, 0.2) is 0 Å². The Labute approximate surface area is 186 Å². The van der Waals surface area contributed by atoms with Crippen LogP contribution < -0.4 is 21.3 Å². The van der Waals surface area contributed by atoms with Crippen LogP contribution in [0.25, 0.3) is 0 Å². The number of nitro benzene ring substituents is 2. The summed E-state index contributed by atoms with van der Waals surface area (Å²) in [5, 5.41) is 37.1. The zero-order chi connectivity index (χ0) is 24.7. The summed E-state index contributed by atoms with van der Waals surface area (Å²) in [4.78, 5) is 69.6. The second-order valence-corrected chi connectivity index (χ2v) is 7.22. The molecular weight excluding hydrogens is 444 g/mol. The number of nitrogens with zero attached hydrogens (tertiary/aromatic N) is 3. The summed E-state index contributed by atoms with van der Waals surface area (Å²) in [6, 6.07) is 0.320. The molecule has 33 heavy (non-hydrogen) atoms. The molecule has 1 aliphatic heterocycles. The lowest BCUT2D eigenvalue weighted by Gasteiger charge is -2.27. The molecule has 3 amide bonds. The van der Waals surface area contributed by atoms with E-state index in [4.69, 9.17) is 5.73 Å². The van der Waals surface area contributed by atoms with E-state index >= 15 is 0 Å². The van der Waals surface area contributed by atoms with Crippen molar-refractivity contribution in [2.45, 2.75) is 37.8 Å². The number of rotatable bonds is 11. The summed E-state index contributed by atoms with van der Waals surface area (Å²) in [5.74, 6) is -3.94. The Hall–Kier alpha value is -4.14. The number of aliphatic carboxylic acids is 1. The minimum atomic E-state index is -1.53. The lowest BCUT2D eigenvalue weighted by atomic mass is 10.1. The molecule has 1 fully saturated rings. The van der Waals surface area contributed by atoms with Crippen molar-refractivity contribution in [1.82, 2.24) is 10.6 Å². The van der Waals surface area contributed by atoms with E-state index in [9.17, 15) is 44.5 Å². The molecule has 1 aromatic carbocycles. The molecule has 1 aromatic rings. The van der Waals surface area contributed by atoms with Crippen LogP contribution in [0.1, 0.15) is 25.7 Å². The van der Waals surface area contributed by atoms with Gasteiger partial charge in [-0.1, -0.05) is 0 Å². The molecule has 0 aliphatic carbocycles. The van der Waals surface area contributed by atoms with Gasteiger partial charge < -0.3 is 21.5 Å². The van der Waals surface area contributed by atoms with Gasteiger partial charge >= 0.3 is 5.97 Å². The highest BCUT2D eigenvalue weighted by molar-refractivity contribution is 6.04. The van der Waals surface area contributed by atoms with E-state index in [1.165, 1.54) is 0 Å². The van der Waals surface area contributed by atoms with Crippen LogP contribution in [0.3, 0.4) is 0 Å². The molecule has 0 radical (unpaired) electrons. The minimum Gasteiger partial charge on any atom is -0.480 e. The van der Waals surface area contributed by atoms with Crippen molar-refractivity contribution >= 4 is 40.8 Å². The number of anilines is 1. The van der Waals surface area contributed by atoms with Crippen LogP contribution in [-0.4, -0.2) is 63.8 Å². The Bertz CT molecular complexity index is 976. The molecule has 0 spiro atoms. The molecule has 2 atom stereocenters. The van der Waals surface area contributed by atoms with Gasteiger partial charge in [-0.15, -0.1) is 0 Å². The first-order valence-corrected chi connectivity index (χ1v) is 9.79. The predicted octanol–water partition coefficient (Wildman–Crippen LogP) is -0.577. The number of benzene rings is 1. The van der Waals surface area contributed by atoms with Crippen LogP contribution >= 0.6 is 0 Å². The van der Waals surface area contributed by atoms with E-state index in [0.29, 0.717) is 23.9 Å². The van der Waals surface area contributed by atoms with E-state index < -0.39 is 69.2 Å². The van der Waals surface area contributed by atoms with Crippen molar-refractivity contribution in [2.75, 3.05) is 18.0 Å². The monoisotopic (exact) mass is 466 g/mol. The summed E-state index contributed by atoms with van der Waals surface area (Å²) >= 11 is 0. The molecule has 0 bridgehead atoms. The maximum atomic E-state index is 13.3. The van der Waals surface area contributed by atoms with Crippen LogP contribution in [0.15, 0.2) is 18.2 Å². The summed E-state index contributed by atoms with van der Waals surface area (Å²) in [6.07, 6.45) is 0.592. The van der Waals surface area contributed by atoms with Crippen LogP contribution in [-0.2, 0) is 19.2 Å². The van der Waals surface area contributed by atoms with Crippen LogP contribution in [0, 0.1) is 20.2 Å². The highest BCUT2D eigenvalue weighted by Gasteiger charge is 2.35. The minimum absolute atomic E-state index is 0.288. The van der Waals surface area contributed by atoms with Crippen LogP contribution in [0.5, 0.6) is 0 Å². The van der Waals surface area contributed by atoms with Crippen molar-refractivity contribution < 1.29 is 34.1 Å². The molecule has 1 aliphatic rings. The number of hydrogen-bond acceptors (Lipinski definition) is 9. The average Bonchev–Trinajstić information content (AvgIpc) is 3.28. The Morgan fingerprint density at radius 1 is 1.24 bits per heavy atom. The number of hydrogen-bond donors (Lipinski definition) is 4. The van der Waals surface area contributed by atoms with Gasteiger partial charge in [0.25, 0.3) is 11.4 Å². The first-order chi connectivity index (χ1) is 15.5. The number of nitrogens with one attached hydrogen (secondary N) is 2. The fourth-order valence-corrected chi connectivity index (χ4v) is 3.33. The molecule has 15 nitrogen and oxygen atoms in total. The van der Waals surface area contributed by atoms with Crippen molar-refractivity contribution in [3.63, 3.8) is 0 Å². The molecule has 0 unspecified atom stereocenters. The lowest BCUT2D eigenvalue weighted by molar-refractivity contribution is -0.393. The number of non-ortho nitro benzene ring substituents is 1. The number of carbonyl (C=O) groups is 4. The average molecular weight is 466 g/mol. The van der Waals surface area contributed by atoms with E-state index in [-0.39, 0.29) is 12.8 Å². The van der Waals surface area contributed by atoms with E-state index in [1.54, 1.807) is 0 Å². The molecular formula is C18H22N6O9. The van der Waals surface area contributed by atoms with E-state index in [0.717, 1.165) is 18.6 Å². The van der Waals surface area contributed by atoms with Crippen molar-refractivity contribution in [2.24, 2.45) is 5.73 Å². The summed E-state index contributed by atoms with van der Waals surface area (Å²) in [7, 11) is 0. The maximum absolute atomic E-state index is 13.3. The van der Waals surface area contributed by atoms with Gasteiger partial charge in [-0.05, 0) is 31.9 Å². The number of carbonyl (C=O) groups excluding carboxylic acids is 3. The first kappa shape index (κ1) is 25.1. The molecule has 178 valence electrons. The topological polar surface area (TPSA) is 228 Å². The zero-order valence-corrected chi connectivity index (χ0v) is 17.3. The number of primary amides is 1. The number of amides is 3. The fraction of sp³-hybridized carbons (Fsp3) is 0.444. The number of nitrogens with two attached hydrogens (primary N) is 1. The summed E-state index contributed by atoms with van der Waals surface area (Å²) < 4.78 is 0. The van der Waals surface area contributed by atoms with Crippen LogP contribution in [0.2, 0.25) is 0 Å². The van der Waals surface area contributed by atoms with Gasteiger partial charge in [-0.25, -0.2) is 0 Å². The van der Waals surface area contributed by atoms with Gasteiger partial charge in [0, 0.05) is 12.5 Å². The molecule has 0 saturated carbocycles. The maximum Gasteiger partial charge on any atom is 0.323 e. The normalized spacial score (nSPS) is 15.9. The Morgan fingerprint density at radius 2 is 1.94 bits per heavy atom. The standard InChI is InChI=1S/C18H22N6O9/c19-15(25)6-4-12(21-17(28)11-2-1-7-20-11)18(29)22(9-16(26)27)13-5-3-10(23(30)31)8-14(13)24(32)33/h3,5,8,11-12,20H,1-2,4,6-7,9H2,(H2,19,25)(H,21,28)(H,26,27)/t11-,12-/m0/s1. The smallest absolute Gasteiger partial charge is 0.323 e.